The van der Waals surface area contributed by atoms with Gasteiger partial charge in [-0.25, -0.2) is 4.98 Å². The summed E-state index contributed by atoms with van der Waals surface area (Å²) in [5.41, 5.74) is 1.16. The lowest BCUT2D eigenvalue weighted by Crippen LogP contribution is -2.51. The summed E-state index contributed by atoms with van der Waals surface area (Å²) in [6, 6.07) is 0. The Morgan fingerprint density at radius 2 is 1.96 bits per heavy atom. The third-order valence-corrected chi connectivity index (χ3v) is 7.40. The van der Waals surface area contributed by atoms with Gasteiger partial charge in [-0.1, -0.05) is 6.42 Å². The number of carbonyl (C=O) groups is 2. The van der Waals surface area contributed by atoms with E-state index >= 15 is 0 Å². The van der Waals surface area contributed by atoms with Gasteiger partial charge >= 0.3 is 0 Å². The molecule has 0 radical (unpaired) electrons. The lowest BCUT2D eigenvalue weighted by Gasteiger charge is -2.38. The first-order chi connectivity index (χ1) is 13.7. The van der Waals surface area contributed by atoms with Gasteiger partial charge in [0.05, 0.1) is 12.3 Å². The Morgan fingerprint density at radius 1 is 1.18 bits per heavy atom. The fourth-order valence-electron chi connectivity index (χ4n) is 4.17. The van der Waals surface area contributed by atoms with Crippen LogP contribution < -0.4 is 10.2 Å². The van der Waals surface area contributed by atoms with Gasteiger partial charge in [0, 0.05) is 56.5 Å². The van der Waals surface area contributed by atoms with Crippen LogP contribution >= 0.6 is 11.3 Å². The fourth-order valence-corrected chi connectivity index (χ4v) is 5.41. The summed E-state index contributed by atoms with van der Waals surface area (Å²) >= 11 is 1.73. The van der Waals surface area contributed by atoms with Gasteiger partial charge in [0.15, 0.2) is 5.13 Å². The van der Waals surface area contributed by atoms with Crippen LogP contribution in [0.1, 0.15) is 36.3 Å². The van der Waals surface area contributed by atoms with Gasteiger partial charge in [0.2, 0.25) is 11.8 Å². The highest BCUT2D eigenvalue weighted by molar-refractivity contribution is 7.15. The van der Waals surface area contributed by atoms with Gasteiger partial charge in [-0.05, 0) is 32.1 Å². The minimum Gasteiger partial charge on any atom is -0.383 e. The van der Waals surface area contributed by atoms with E-state index in [9.17, 15) is 9.59 Å². The number of thiazole rings is 1. The van der Waals surface area contributed by atoms with Crippen molar-refractivity contribution in [3.63, 3.8) is 0 Å². The Hall–Kier alpha value is -1.67. The maximum atomic E-state index is 12.4. The topological polar surface area (TPSA) is 74.8 Å². The molecule has 1 atom stereocenters. The molecule has 2 aliphatic carbocycles. The second-order valence-corrected chi connectivity index (χ2v) is 9.09. The molecule has 1 saturated heterocycles. The Labute approximate surface area is 170 Å². The lowest BCUT2D eigenvalue weighted by molar-refractivity contribution is -0.138. The van der Waals surface area contributed by atoms with Crippen molar-refractivity contribution in [2.24, 2.45) is 11.8 Å². The van der Waals surface area contributed by atoms with Gasteiger partial charge in [0.1, 0.15) is 0 Å². The van der Waals surface area contributed by atoms with E-state index in [1.165, 1.54) is 11.3 Å². The van der Waals surface area contributed by atoms with E-state index in [-0.39, 0.29) is 17.7 Å². The second-order valence-electron chi connectivity index (χ2n) is 8.03. The molecule has 1 unspecified atom stereocenters. The zero-order valence-electron chi connectivity index (χ0n) is 16.6. The van der Waals surface area contributed by atoms with Crippen molar-refractivity contribution in [1.82, 2.24) is 15.2 Å². The van der Waals surface area contributed by atoms with Crippen LogP contribution in [0.4, 0.5) is 5.13 Å². The number of anilines is 1. The summed E-state index contributed by atoms with van der Waals surface area (Å²) in [5, 5.41) is 4.02. The van der Waals surface area contributed by atoms with E-state index in [0.717, 1.165) is 69.1 Å². The molecule has 2 fully saturated rings. The molecule has 3 aliphatic rings. The number of nitrogens with one attached hydrogen (secondary N) is 1. The van der Waals surface area contributed by atoms with Crippen LogP contribution in [-0.2, 0) is 27.2 Å². The Bertz CT molecular complexity index is 710. The van der Waals surface area contributed by atoms with Crippen LogP contribution in [0.5, 0.6) is 0 Å². The van der Waals surface area contributed by atoms with E-state index < -0.39 is 0 Å². The molecule has 1 aliphatic heterocycles. The number of fused-ring (bicyclic) bond motifs is 1. The number of piperazine rings is 1. The minimum absolute atomic E-state index is 0.0367. The SMILES string of the molecule is COCCNC(=O)C1CCc2nc(N3CCN(C(=O)C4CCC4)CC3)sc2C1. The molecule has 2 heterocycles. The van der Waals surface area contributed by atoms with Crippen molar-refractivity contribution in [1.29, 1.82) is 0 Å². The van der Waals surface area contributed by atoms with Gasteiger partial charge in [-0.3, -0.25) is 9.59 Å². The quantitative estimate of drug-likeness (QED) is 0.724. The number of amides is 2. The maximum absolute atomic E-state index is 12.4. The van der Waals surface area contributed by atoms with Crippen molar-refractivity contribution >= 4 is 28.3 Å². The van der Waals surface area contributed by atoms with Gasteiger partial charge in [0.25, 0.3) is 0 Å². The number of methoxy groups -OCH3 is 1. The molecule has 0 aromatic carbocycles. The number of aryl methyl sites for hydroxylation is 1. The predicted molar refractivity (Wildman–Crippen MR) is 109 cm³/mol. The van der Waals surface area contributed by atoms with E-state index in [4.69, 9.17) is 9.72 Å². The van der Waals surface area contributed by atoms with Crippen LogP contribution in [0.25, 0.3) is 0 Å². The summed E-state index contributed by atoms with van der Waals surface area (Å²) < 4.78 is 5.00. The van der Waals surface area contributed by atoms with E-state index in [2.05, 4.69) is 10.2 Å². The van der Waals surface area contributed by atoms with Crippen molar-refractivity contribution in [2.75, 3.05) is 51.3 Å². The molecule has 7 nitrogen and oxygen atoms in total. The van der Waals surface area contributed by atoms with E-state index in [1.54, 1.807) is 18.4 Å². The molecule has 0 spiro atoms. The van der Waals surface area contributed by atoms with Crippen LogP contribution in [0.2, 0.25) is 0 Å². The van der Waals surface area contributed by atoms with Crippen LogP contribution in [-0.4, -0.2) is 68.1 Å². The average molecular weight is 407 g/mol. The number of hydrogen-bond donors (Lipinski definition) is 1. The summed E-state index contributed by atoms with van der Waals surface area (Å²) in [6.45, 7) is 4.41. The predicted octanol–water partition coefficient (Wildman–Crippen LogP) is 1.46. The zero-order valence-corrected chi connectivity index (χ0v) is 17.4. The van der Waals surface area contributed by atoms with E-state index in [0.29, 0.717) is 19.1 Å². The van der Waals surface area contributed by atoms with Gasteiger partial charge in [-0.15, -0.1) is 11.3 Å². The highest BCUT2D eigenvalue weighted by atomic mass is 32.1. The molecule has 1 aromatic rings. The lowest BCUT2D eigenvalue weighted by atomic mass is 9.84. The van der Waals surface area contributed by atoms with Crippen LogP contribution in [0.3, 0.4) is 0 Å². The van der Waals surface area contributed by atoms with Crippen molar-refractivity contribution in [2.45, 2.75) is 38.5 Å². The highest BCUT2D eigenvalue weighted by Gasteiger charge is 2.33. The van der Waals surface area contributed by atoms with Crippen molar-refractivity contribution < 1.29 is 14.3 Å². The number of nitrogens with zero attached hydrogens (tertiary/aromatic N) is 3. The molecule has 1 N–H and O–H groups in total. The number of hydrogen-bond acceptors (Lipinski definition) is 6. The third kappa shape index (κ3) is 4.17. The summed E-state index contributed by atoms with van der Waals surface area (Å²) in [6.07, 6.45) is 5.85. The van der Waals surface area contributed by atoms with E-state index in [1.807, 2.05) is 4.90 Å². The smallest absolute Gasteiger partial charge is 0.225 e. The van der Waals surface area contributed by atoms with Crippen molar-refractivity contribution in [3.05, 3.63) is 10.6 Å². The van der Waals surface area contributed by atoms with Gasteiger partial charge < -0.3 is 19.9 Å². The molecule has 1 saturated carbocycles. The average Bonchev–Trinajstić information content (AvgIpc) is 3.10. The van der Waals surface area contributed by atoms with Gasteiger partial charge in [-0.2, -0.15) is 0 Å². The molecule has 0 bridgehead atoms. The number of ether oxygens (including phenoxy) is 1. The molecule has 28 heavy (non-hydrogen) atoms. The van der Waals surface area contributed by atoms with Crippen molar-refractivity contribution in [3.8, 4) is 0 Å². The molecule has 154 valence electrons. The monoisotopic (exact) mass is 406 g/mol. The first-order valence-electron chi connectivity index (χ1n) is 10.4. The normalized spacial score (nSPS) is 22.5. The first-order valence-corrected chi connectivity index (χ1v) is 11.3. The molecule has 8 heteroatoms. The Morgan fingerprint density at radius 3 is 2.64 bits per heavy atom. The largest absolute Gasteiger partial charge is 0.383 e. The molecule has 4 rings (SSSR count). The molecule has 1 aromatic heterocycles. The Balaban J connectivity index is 1.31. The number of rotatable bonds is 6. The molecular formula is C20H30N4O3S. The number of aromatic nitrogens is 1. The number of carbonyl (C=O) groups excluding carboxylic acids is 2. The summed E-state index contributed by atoms with van der Waals surface area (Å²) in [4.78, 5) is 35.2. The second kappa shape index (κ2) is 8.78. The standard InChI is InChI=1S/C20H30N4O3S/c1-27-12-7-21-18(25)15-5-6-16-17(13-15)28-20(22-16)24-10-8-23(9-11-24)19(26)14-3-2-4-14/h14-15H,2-13H2,1H3,(H,21,25). The third-order valence-electron chi connectivity index (χ3n) is 6.22. The molecular weight excluding hydrogens is 376 g/mol. The van der Waals surface area contributed by atoms with Crippen LogP contribution in [0.15, 0.2) is 0 Å². The summed E-state index contributed by atoms with van der Waals surface area (Å²) in [7, 11) is 1.64. The zero-order chi connectivity index (χ0) is 19.5. The molecule has 2 amide bonds. The summed E-state index contributed by atoms with van der Waals surface area (Å²) in [5.74, 6) is 0.799. The highest BCUT2D eigenvalue weighted by Crippen LogP contribution is 2.35. The van der Waals surface area contributed by atoms with Crippen LogP contribution in [0, 0.1) is 11.8 Å². The first kappa shape index (κ1) is 19.6. The minimum atomic E-state index is 0.0367. The maximum Gasteiger partial charge on any atom is 0.225 e. The Kier molecular flexibility index (Phi) is 6.16. The fraction of sp³-hybridized carbons (Fsp3) is 0.750.